The van der Waals surface area contributed by atoms with E-state index in [0.717, 1.165) is 0 Å². The molecule has 0 bridgehead atoms. The molecule has 0 spiro atoms. The number of ketones is 1. The zero-order valence-corrected chi connectivity index (χ0v) is 18.3. The number of halogens is 1. The second kappa shape index (κ2) is 8.49. The molecular weight excluding hydrogens is 444 g/mol. The molecule has 1 fully saturated rings. The number of sulfonamides is 1. The van der Waals surface area contributed by atoms with Crippen LogP contribution in [0, 0.1) is 5.92 Å². The molecule has 8 nitrogen and oxygen atoms in total. The molecule has 2 heterocycles. The maximum atomic E-state index is 13.2. The lowest BCUT2D eigenvalue weighted by Gasteiger charge is -2.31. The largest absolute Gasteiger partial charge is 0.497 e. The fraction of sp³-hybridized carbons (Fsp3) is 0.333. The van der Waals surface area contributed by atoms with Crippen LogP contribution in [0.1, 0.15) is 23.2 Å². The molecule has 0 aliphatic carbocycles. The van der Waals surface area contributed by atoms with E-state index in [2.05, 4.69) is 5.32 Å². The summed E-state index contributed by atoms with van der Waals surface area (Å²) in [5.41, 5.74) is 0.919. The van der Waals surface area contributed by atoms with E-state index < -0.39 is 10.0 Å². The molecule has 31 heavy (non-hydrogen) atoms. The van der Waals surface area contributed by atoms with Crippen LogP contribution in [-0.4, -0.2) is 51.2 Å². The minimum absolute atomic E-state index is 0.000910. The van der Waals surface area contributed by atoms with Crippen molar-refractivity contribution in [2.75, 3.05) is 32.1 Å². The standard InChI is InChI=1S/C21H21ClN2O6S/c1-29-15-4-2-13(3-5-15)21(26)14-6-8-24(9-7-14)31(27,28)19-11-18-17(10-16(19)22)23-20(25)12-30-18/h2-5,10-11,14H,6-9,12H2,1H3,(H,23,25). The second-order valence-electron chi connectivity index (χ2n) is 7.39. The first-order chi connectivity index (χ1) is 14.8. The van der Waals surface area contributed by atoms with Crippen LogP contribution in [0.15, 0.2) is 41.3 Å². The van der Waals surface area contributed by atoms with E-state index in [0.29, 0.717) is 29.8 Å². The molecule has 1 N–H and O–H groups in total. The number of anilines is 1. The first-order valence-electron chi connectivity index (χ1n) is 9.74. The number of ether oxygens (including phenoxy) is 2. The number of hydrogen-bond donors (Lipinski definition) is 1. The van der Waals surface area contributed by atoms with Crippen molar-refractivity contribution < 1.29 is 27.5 Å². The number of nitrogens with one attached hydrogen (secondary N) is 1. The highest BCUT2D eigenvalue weighted by atomic mass is 35.5. The summed E-state index contributed by atoms with van der Waals surface area (Å²) in [6.07, 6.45) is 0.832. The zero-order valence-electron chi connectivity index (χ0n) is 16.8. The van der Waals surface area contributed by atoms with Crippen LogP contribution in [0.2, 0.25) is 5.02 Å². The molecule has 0 saturated carbocycles. The zero-order chi connectivity index (χ0) is 22.2. The SMILES string of the molecule is COc1ccc(C(=O)C2CCN(S(=O)(=O)c3cc4c(cc3Cl)NC(=O)CO4)CC2)cc1. The van der Waals surface area contributed by atoms with E-state index in [4.69, 9.17) is 21.1 Å². The Hall–Kier alpha value is -2.62. The second-order valence-corrected chi connectivity index (χ2v) is 9.70. The van der Waals surface area contributed by atoms with Crippen molar-refractivity contribution in [1.29, 1.82) is 0 Å². The number of hydrogen-bond acceptors (Lipinski definition) is 6. The summed E-state index contributed by atoms with van der Waals surface area (Å²) in [7, 11) is -2.32. The number of rotatable bonds is 5. The van der Waals surface area contributed by atoms with E-state index in [-0.39, 0.29) is 53.0 Å². The lowest BCUT2D eigenvalue weighted by atomic mass is 9.89. The number of benzene rings is 2. The Morgan fingerprint density at radius 1 is 1.19 bits per heavy atom. The van der Waals surface area contributed by atoms with Crippen molar-refractivity contribution >= 4 is 39.0 Å². The average Bonchev–Trinajstić information content (AvgIpc) is 2.78. The number of amides is 1. The van der Waals surface area contributed by atoms with Crippen molar-refractivity contribution in [3.05, 3.63) is 47.0 Å². The molecule has 2 aromatic rings. The van der Waals surface area contributed by atoms with Crippen LogP contribution >= 0.6 is 11.6 Å². The maximum absolute atomic E-state index is 13.2. The van der Waals surface area contributed by atoms with Crippen molar-refractivity contribution in [2.45, 2.75) is 17.7 Å². The van der Waals surface area contributed by atoms with Crippen molar-refractivity contribution in [1.82, 2.24) is 4.31 Å². The molecule has 0 atom stereocenters. The average molecular weight is 465 g/mol. The number of fused-ring (bicyclic) bond motifs is 1. The van der Waals surface area contributed by atoms with E-state index in [1.54, 1.807) is 31.4 Å². The third-order valence-electron chi connectivity index (χ3n) is 5.48. The summed E-state index contributed by atoms with van der Waals surface area (Å²) < 4.78 is 38.1. The molecule has 2 aromatic carbocycles. The molecule has 2 aliphatic heterocycles. The van der Waals surface area contributed by atoms with E-state index in [9.17, 15) is 18.0 Å². The van der Waals surface area contributed by atoms with Gasteiger partial charge in [-0.3, -0.25) is 9.59 Å². The van der Waals surface area contributed by atoms with Crippen LogP contribution in [0.4, 0.5) is 5.69 Å². The maximum Gasteiger partial charge on any atom is 0.262 e. The first kappa shape index (κ1) is 21.6. The number of carbonyl (C=O) groups is 2. The highest BCUT2D eigenvalue weighted by Crippen LogP contribution is 2.37. The molecule has 2 aliphatic rings. The predicted molar refractivity (Wildman–Crippen MR) is 114 cm³/mol. The number of methoxy groups -OCH3 is 1. The molecule has 1 amide bonds. The molecule has 0 radical (unpaired) electrons. The lowest BCUT2D eigenvalue weighted by molar-refractivity contribution is -0.118. The summed E-state index contributed by atoms with van der Waals surface area (Å²) in [6, 6.07) is 9.61. The van der Waals surface area contributed by atoms with Gasteiger partial charge in [0.15, 0.2) is 12.4 Å². The van der Waals surface area contributed by atoms with Crippen LogP contribution in [0.3, 0.4) is 0 Å². The van der Waals surface area contributed by atoms with E-state index in [1.165, 1.54) is 16.4 Å². The summed E-state index contributed by atoms with van der Waals surface area (Å²) in [5.74, 6) is 0.339. The molecule has 10 heteroatoms. The Labute approximate surface area is 185 Å². The predicted octanol–water partition coefficient (Wildman–Crippen LogP) is 2.96. The number of piperidine rings is 1. The minimum atomic E-state index is -3.88. The van der Waals surface area contributed by atoms with Gasteiger partial charge in [0.05, 0.1) is 17.8 Å². The Morgan fingerprint density at radius 3 is 2.52 bits per heavy atom. The van der Waals surface area contributed by atoms with E-state index >= 15 is 0 Å². The van der Waals surface area contributed by atoms with Gasteiger partial charge in [0.2, 0.25) is 10.0 Å². The summed E-state index contributed by atoms with van der Waals surface area (Å²) in [5, 5.41) is 2.60. The van der Waals surface area contributed by atoms with Gasteiger partial charge in [-0.25, -0.2) is 8.42 Å². The Morgan fingerprint density at radius 2 is 1.87 bits per heavy atom. The molecule has 1 saturated heterocycles. The van der Waals surface area contributed by atoms with Gasteiger partial charge in [0.25, 0.3) is 5.91 Å². The first-order valence-corrected chi connectivity index (χ1v) is 11.6. The van der Waals surface area contributed by atoms with Crippen molar-refractivity contribution in [3.8, 4) is 11.5 Å². The molecule has 4 rings (SSSR count). The van der Waals surface area contributed by atoms with Gasteiger partial charge in [0, 0.05) is 30.6 Å². The minimum Gasteiger partial charge on any atom is -0.497 e. The fourth-order valence-electron chi connectivity index (χ4n) is 3.77. The van der Waals surface area contributed by atoms with Crippen LogP contribution in [0.25, 0.3) is 0 Å². The van der Waals surface area contributed by atoms with Crippen molar-refractivity contribution in [2.24, 2.45) is 5.92 Å². The number of nitrogens with zero attached hydrogens (tertiary/aromatic N) is 1. The monoisotopic (exact) mass is 464 g/mol. The Balaban J connectivity index is 1.48. The summed E-state index contributed by atoms with van der Waals surface area (Å²) >= 11 is 6.22. The van der Waals surface area contributed by atoms with Gasteiger partial charge in [-0.1, -0.05) is 11.6 Å². The highest BCUT2D eigenvalue weighted by Gasteiger charge is 2.34. The van der Waals surface area contributed by atoms with Gasteiger partial charge in [-0.15, -0.1) is 0 Å². The smallest absolute Gasteiger partial charge is 0.262 e. The van der Waals surface area contributed by atoms with Crippen LogP contribution < -0.4 is 14.8 Å². The number of Topliss-reactive ketones (excluding diaryl/α,β-unsaturated/α-hetero) is 1. The summed E-state index contributed by atoms with van der Waals surface area (Å²) in [6.45, 7) is 0.229. The van der Waals surface area contributed by atoms with Crippen molar-refractivity contribution in [3.63, 3.8) is 0 Å². The topological polar surface area (TPSA) is 102 Å². The third kappa shape index (κ3) is 4.26. The van der Waals surface area contributed by atoms with Gasteiger partial charge >= 0.3 is 0 Å². The Bertz CT molecular complexity index is 1130. The third-order valence-corrected chi connectivity index (χ3v) is 7.85. The Kier molecular flexibility index (Phi) is 5.92. The van der Waals surface area contributed by atoms with Gasteiger partial charge in [0.1, 0.15) is 16.4 Å². The fourth-order valence-corrected chi connectivity index (χ4v) is 5.75. The van der Waals surface area contributed by atoms with Gasteiger partial charge in [-0.2, -0.15) is 4.31 Å². The normalized spacial score (nSPS) is 17.4. The highest BCUT2D eigenvalue weighted by molar-refractivity contribution is 7.89. The lowest BCUT2D eigenvalue weighted by Crippen LogP contribution is -2.40. The summed E-state index contributed by atoms with van der Waals surface area (Å²) in [4.78, 5) is 24.2. The molecule has 0 unspecified atom stereocenters. The van der Waals surface area contributed by atoms with E-state index in [1.807, 2.05) is 0 Å². The van der Waals surface area contributed by atoms with Gasteiger partial charge < -0.3 is 14.8 Å². The molecule has 0 aromatic heterocycles. The number of carbonyl (C=O) groups excluding carboxylic acids is 2. The van der Waals surface area contributed by atoms with Gasteiger partial charge in [-0.05, 0) is 43.2 Å². The molecule has 164 valence electrons. The van der Waals surface area contributed by atoms with Crippen LogP contribution in [0.5, 0.6) is 11.5 Å². The van der Waals surface area contributed by atoms with Crippen LogP contribution in [-0.2, 0) is 14.8 Å². The molecular formula is C21H21ClN2O6S. The quantitative estimate of drug-likeness (QED) is 0.682.